The van der Waals surface area contributed by atoms with Gasteiger partial charge in [0.25, 0.3) is 11.7 Å². The number of aromatic nitrogens is 2. The maximum atomic E-state index is 13.5. The van der Waals surface area contributed by atoms with E-state index in [0.717, 1.165) is 11.1 Å². The number of carbonyl (C=O) groups is 2. The lowest BCUT2D eigenvalue weighted by Crippen LogP contribution is -2.31. The van der Waals surface area contributed by atoms with Gasteiger partial charge in [0, 0.05) is 12.7 Å². The number of amides is 1. The number of hydrogen-bond acceptors (Lipinski definition) is 5. The quantitative estimate of drug-likeness (QED) is 0.154. The molecule has 0 bridgehead atoms. The Bertz CT molecular complexity index is 1570. The second kappa shape index (κ2) is 10.4. The van der Waals surface area contributed by atoms with Gasteiger partial charge in [-0.15, -0.1) is 0 Å². The molecule has 0 aliphatic carbocycles. The third-order valence-electron chi connectivity index (χ3n) is 6.87. The van der Waals surface area contributed by atoms with E-state index in [4.69, 9.17) is 4.74 Å². The number of aliphatic hydroxyl groups excluding tert-OH is 1. The standard InChI is InChI=1S/C31H29N3O4/c1-4-18-38-24-14-8-13-23(19-24)27-25(28(35)26-21(3)33-16-9-10-20(2)30(33)32-26)29(36)31(37)34(27)17-15-22-11-6-5-7-12-22/h4-14,16,19,27,35H,1,15,17-18H2,2-3H3. The van der Waals surface area contributed by atoms with Crippen molar-refractivity contribution in [3.05, 3.63) is 119 Å². The van der Waals surface area contributed by atoms with Gasteiger partial charge in [-0.3, -0.25) is 9.59 Å². The number of hydrogen-bond donors (Lipinski definition) is 1. The minimum absolute atomic E-state index is 0.0214. The topological polar surface area (TPSA) is 84.1 Å². The first-order valence-corrected chi connectivity index (χ1v) is 12.5. The monoisotopic (exact) mass is 507 g/mol. The van der Waals surface area contributed by atoms with Gasteiger partial charge in [-0.1, -0.05) is 61.2 Å². The van der Waals surface area contributed by atoms with Crippen molar-refractivity contribution in [1.82, 2.24) is 14.3 Å². The third kappa shape index (κ3) is 4.47. The Labute approximate surface area is 221 Å². The number of ether oxygens (including phenoxy) is 1. The summed E-state index contributed by atoms with van der Waals surface area (Å²) in [6.07, 6.45) is 4.06. The van der Waals surface area contributed by atoms with Crippen LogP contribution in [0.2, 0.25) is 0 Å². The van der Waals surface area contributed by atoms with E-state index in [9.17, 15) is 14.7 Å². The zero-order valence-electron chi connectivity index (χ0n) is 21.4. The van der Waals surface area contributed by atoms with E-state index < -0.39 is 17.7 Å². The minimum Gasteiger partial charge on any atom is -0.505 e. The minimum atomic E-state index is -0.795. The number of benzene rings is 2. The van der Waals surface area contributed by atoms with E-state index in [1.54, 1.807) is 18.2 Å². The van der Waals surface area contributed by atoms with Crippen molar-refractivity contribution in [3.63, 3.8) is 0 Å². The van der Waals surface area contributed by atoms with Crippen molar-refractivity contribution in [2.45, 2.75) is 26.3 Å². The molecule has 0 spiro atoms. The molecule has 2 aromatic carbocycles. The van der Waals surface area contributed by atoms with E-state index in [0.29, 0.717) is 42.2 Å². The van der Waals surface area contributed by atoms with Crippen LogP contribution in [0.4, 0.5) is 0 Å². The Kier molecular flexibility index (Phi) is 6.83. The number of nitrogens with zero attached hydrogens (tertiary/aromatic N) is 3. The molecule has 1 fully saturated rings. The molecule has 192 valence electrons. The van der Waals surface area contributed by atoms with Gasteiger partial charge in [0.15, 0.2) is 5.76 Å². The molecule has 7 nitrogen and oxygen atoms in total. The molecule has 1 aliphatic heterocycles. The Hall–Kier alpha value is -4.65. The van der Waals surface area contributed by atoms with Crippen molar-refractivity contribution in [2.24, 2.45) is 0 Å². The van der Waals surface area contributed by atoms with Crippen molar-refractivity contribution in [1.29, 1.82) is 0 Å². The fourth-order valence-electron chi connectivity index (χ4n) is 4.96. The van der Waals surface area contributed by atoms with Gasteiger partial charge in [-0.05, 0) is 55.2 Å². The van der Waals surface area contributed by atoms with E-state index in [1.165, 1.54) is 4.90 Å². The molecule has 2 aromatic heterocycles. The number of fused-ring (bicyclic) bond motifs is 1. The Balaban J connectivity index is 1.64. The molecule has 1 amide bonds. The smallest absolute Gasteiger partial charge is 0.295 e. The number of Topliss-reactive ketones (excluding diaryl/α,β-unsaturated/α-hetero) is 1. The summed E-state index contributed by atoms with van der Waals surface area (Å²) in [6.45, 7) is 8.07. The fraction of sp³-hybridized carbons (Fsp3) is 0.194. The SMILES string of the molecule is C=CCOc1cccc(C2C(=C(O)c3nc4c(C)cccn4c3C)C(=O)C(=O)N2CCc2ccccc2)c1. The molecule has 4 aromatic rings. The molecule has 7 heteroatoms. The summed E-state index contributed by atoms with van der Waals surface area (Å²) in [4.78, 5) is 33.1. The number of likely N-dealkylation sites (tertiary alicyclic amines) is 1. The molecule has 1 aliphatic rings. The summed E-state index contributed by atoms with van der Waals surface area (Å²) in [6, 6.07) is 20.1. The molecule has 1 saturated heterocycles. The van der Waals surface area contributed by atoms with Crippen molar-refractivity contribution < 1.29 is 19.4 Å². The molecule has 5 rings (SSSR count). The highest BCUT2D eigenvalue weighted by Crippen LogP contribution is 2.40. The summed E-state index contributed by atoms with van der Waals surface area (Å²) in [5, 5.41) is 11.6. The van der Waals surface area contributed by atoms with Crippen LogP contribution < -0.4 is 4.74 Å². The maximum absolute atomic E-state index is 13.5. The first-order valence-electron chi connectivity index (χ1n) is 12.5. The Morgan fingerprint density at radius 3 is 2.61 bits per heavy atom. The van der Waals surface area contributed by atoms with Crippen LogP contribution in [0.1, 0.15) is 34.1 Å². The maximum Gasteiger partial charge on any atom is 0.295 e. The molecular formula is C31H29N3O4. The Morgan fingerprint density at radius 1 is 1.08 bits per heavy atom. The van der Waals surface area contributed by atoms with Gasteiger partial charge >= 0.3 is 0 Å². The van der Waals surface area contributed by atoms with Crippen molar-refractivity contribution in [2.75, 3.05) is 13.2 Å². The van der Waals surface area contributed by atoms with Gasteiger partial charge in [0.1, 0.15) is 23.7 Å². The van der Waals surface area contributed by atoms with E-state index in [1.807, 2.05) is 79.0 Å². The van der Waals surface area contributed by atoms with E-state index in [-0.39, 0.29) is 17.0 Å². The third-order valence-corrected chi connectivity index (χ3v) is 6.87. The number of aliphatic hydroxyl groups is 1. The highest BCUT2D eigenvalue weighted by molar-refractivity contribution is 6.46. The van der Waals surface area contributed by atoms with Crippen LogP contribution >= 0.6 is 0 Å². The van der Waals surface area contributed by atoms with Crippen LogP contribution in [0, 0.1) is 13.8 Å². The van der Waals surface area contributed by atoms with Crippen LogP contribution in [0.5, 0.6) is 5.75 Å². The molecule has 1 N–H and O–H groups in total. The van der Waals surface area contributed by atoms with Crippen LogP contribution in [0.25, 0.3) is 11.4 Å². The Morgan fingerprint density at radius 2 is 1.87 bits per heavy atom. The van der Waals surface area contributed by atoms with E-state index >= 15 is 0 Å². The highest BCUT2D eigenvalue weighted by atomic mass is 16.5. The first-order chi connectivity index (χ1) is 18.4. The normalized spacial score (nSPS) is 16.8. The summed E-state index contributed by atoms with van der Waals surface area (Å²) in [7, 11) is 0. The lowest BCUT2D eigenvalue weighted by molar-refractivity contribution is -0.139. The van der Waals surface area contributed by atoms with Crippen LogP contribution in [-0.2, 0) is 16.0 Å². The number of imidazole rings is 1. The zero-order valence-corrected chi connectivity index (χ0v) is 21.4. The molecule has 1 unspecified atom stereocenters. The summed E-state index contributed by atoms with van der Waals surface area (Å²) in [5.74, 6) is -1.09. The number of aryl methyl sites for hydroxylation is 2. The van der Waals surface area contributed by atoms with Gasteiger partial charge in [-0.2, -0.15) is 0 Å². The van der Waals surface area contributed by atoms with Gasteiger partial charge in [0.2, 0.25) is 0 Å². The molecule has 0 saturated carbocycles. The van der Waals surface area contributed by atoms with Crippen molar-refractivity contribution in [3.8, 4) is 5.75 Å². The molecule has 0 radical (unpaired) electrons. The number of ketones is 1. The van der Waals surface area contributed by atoms with Crippen LogP contribution in [-0.4, -0.2) is 44.2 Å². The summed E-state index contributed by atoms with van der Waals surface area (Å²) < 4.78 is 7.60. The second-order valence-corrected chi connectivity index (χ2v) is 9.33. The zero-order chi connectivity index (χ0) is 26.8. The lowest BCUT2D eigenvalue weighted by atomic mass is 9.96. The van der Waals surface area contributed by atoms with E-state index in [2.05, 4.69) is 11.6 Å². The summed E-state index contributed by atoms with van der Waals surface area (Å²) in [5.41, 5.74) is 4.31. The average Bonchev–Trinajstić information content (AvgIpc) is 3.41. The number of carbonyl (C=O) groups excluding carboxylic acids is 2. The largest absolute Gasteiger partial charge is 0.505 e. The molecule has 38 heavy (non-hydrogen) atoms. The van der Waals surface area contributed by atoms with Crippen LogP contribution in [0.15, 0.2) is 91.2 Å². The summed E-state index contributed by atoms with van der Waals surface area (Å²) >= 11 is 0. The highest BCUT2D eigenvalue weighted by Gasteiger charge is 2.46. The fourth-order valence-corrected chi connectivity index (χ4v) is 4.96. The molecular weight excluding hydrogens is 478 g/mol. The second-order valence-electron chi connectivity index (χ2n) is 9.33. The van der Waals surface area contributed by atoms with Crippen LogP contribution in [0.3, 0.4) is 0 Å². The number of rotatable bonds is 8. The molecule has 1 atom stereocenters. The number of pyridine rings is 1. The van der Waals surface area contributed by atoms with Gasteiger partial charge in [0.05, 0.1) is 17.3 Å². The van der Waals surface area contributed by atoms with Crippen molar-refractivity contribution >= 4 is 23.1 Å². The first kappa shape index (κ1) is 25.0. The van der Waals surface area contributed by atoms with Gasteiger partial charge < -0.3 is 19.1 Å². The lowest BCUT2D eigenvalue weighted by Gasteiger charge is -2.25. The predicted octanol–water partition coefficient (Wildman–Crippen LogP) is 5.18. The average molecular weight is 508 g/mol. The predicted molar refractivity (Wildman–Crippen MR) is 146 cm³/mol. The van der Waals surface area contributed by atoms with Gasteiger partial charge in [-0.25, -0.2) is 4.98 Å². The molecule has 3 heterocycles.